The first-order chi connectivity index (χ1) is 15.7. The highest BCUT2D eigenvalue weighted by Crippen LogP contribution is 2.48. The van der Waals surface area contributed by atoms with Crippen molar-refractivity contribution in [3.63, 3.8) is 0 Å². The number of carboxylic acid groups (broad SMARTS) is 1. The van der Waals surface area contributed by atoms with Gasteiger partial charge in [-0.25, -0.2) is 4.39 Å². The van der Waals surface area contributed by atoms with Gasteiger partial charge in [-0.15, -0.1) is 0 Å². The SMILES string of the molecule is CC(C)[C@H](CC(=O)N1c2ccccc2Sc2ccccc21)C(=O)NC(CC(=O)O)C(=O)CF. The third kappa shape index (κ3) is 5.60. The fourth-order valence-electron chi connectivity index (χ4n) is 3.68. The Balaban J connectivity index is 1.86. The summed E-state index contributed by atoms with van der Waals surface area (Å²) in [5, 5.41) is 11.3. The van der Waals surface area contributed by atoms with E-state index in [1.165, 1.54) is 0 Å². The van der Waals surface area contributed by atoms with Crippen LogP contribution in [0.2, 0.25) is 0 Å². The Morgan fingerprint density at radius 1 is 0.970 bits per heavy atom. The van der Waals surface area contributed by atoms with Crippen molar-refractivity contribution in [1.82, 2.24) is 5.32 Å². The molecule has 1 unspecified atom stereocenters. The summed E-state index contributed by atoms with van der Waals surface area (Å²) in [6, 6.07) is 13.5. The maximum absolute atomic E-state index is 13.5. The summed E-state index contributed by atoms with van der Waals surface area (Å²) < 4.78 is 12.9. The molecule has 0 aromatic heterocycles. The molecule has 0 bridgehead atoms. The molecule has 2 atom stereocenters. The van der Waals surface area contributed by atoms with Crippen LogP contribution in [0.15, 0.2) is 58.3 Å². The zero-order chi connectivity index (χ0) is 24.1. The van der Waals surface area contributed by atoms with Crippen LogP contribution in [-0.4, -0.2) is 41.4 Å². The minimum atomic E-state index is -1.48. The van der Waals surface area contributed by atoms with Gasteiger partial charge in [0.15, 0.2) is 5.78 Å². The van der Waals surface area contributed by atoms with Gasteiger partial charge in [0.25, 0.3) is 0 Å². The highest BCUT2D eigenvalue weighted by atomic mass is 32.2. The summed E-state index contributed by atoms with van der Waals surface area (Å²) in [5.41, 5.74) is 1.43. The Bertz CT molecular complexity index is 1030. The number of nitrogens with one attached hydrogen (secondary N) is 1. The number of benzene rings is 2. The van der Waals surface area contributed by atoms with Gasteiger partial charge in [0.05, 0.1) is 17.8 Å². The smallest absolute Gasteiger partial charge is 0.305 e. The van der Waals surface area contributed by atoms with Gasteiger partial charge in [-0.3, -0.25) is 24.1 Å². The number of alkyl halides is 1. The van der Waals surface area contributed by atoms with E-state index in [2.05, 4.69) is 5.32 Å². The molecule has 0 aliphatic carbocycles. The lowest BCUT2D eigenvalue weighted by molar-refractivity contribution is -0.141. The van der Waals surface area contributed by atoms with Gasteiger partial charge < -0.3 is 10.4 Å². The first-order valence-corrected chi connectivity index (χ1v) is 11.3. The number of anilines is 2. The van der Waals surface area contributed by atoms with Crippen molar-refractivity contribution < 1.29 is 28.7 Å². The van der Waals surface area contributed by atoms with Crippen molar-refractivity contribution in [1.29, 1.82) is 0 Å². The number of ketones is 1. The second kappa shape index (κ2) is 10.6. The molecule has 0 spiro atoms. The zero-order valence-electron chi connectivity index (χ0n) is 18.3. The largest absolute Gasteiger partial charge is 0.481 e. The van der Waals surface area contributed by atoms with Crippen molar-refractivity contribution in [2.75, 3.05) is 11.6 Å². The molecule has 33 heavy (non-hydrogen) atoms. The Labute approximate surface area is 195 Å². The van der Waals surface area contributed by atoms with Crippen molar-refractivity contribution in [2.24, 2.45) is 11.8 Å². The predicted octanol–water partition coefficient (Wildman–Crippen LogP) is 3.98. The van der Waals surface area contributed by atoms with Gasteiger partial charge in [0, 0.05) is 22.1 Å². The van der Waals surface area contributed by atoms with E-state index >= 15 is 0 Å². The van der Waals surface area contributed by atoms with Gasteiger partial charge in [-0.2, -0.15) is 0 Å². The van der Waals surface area contributed by atoms with E-state index in [0.29, 0.717) is 11.4 Å². The second-order valence-corrected chi connectivity index (χ2v) is 9.16. The van der Waals surface area contributed by atoms with Crippen molar-refractivity contribution in [3.8, 4) is 0 Å². The van der Waals surface area contributed by atoms with Crippen LogP contribution < -0.4 is 10.2 Å². The number of para-hydroxylation sites is 2. The van der Waals surface area contributed by atoms with Crippen LogP contribution in [0.5, 0.6) is 0 Å². The molecular weight excluding hydrogens is 447 g/mol. The highest BCUT2D eigenvalue weighted by Gasteiger charge is 2.34. The molecule has 0 saturated carbocycles. The zero-order valence-corrected chi connectivity index (χ0v) is 19.1. The van der Waals surface area contributed by atoms with Crippen LogP contribution in [0, 0.1) is 11.8 Å². The molecule has 2 N–H and O–H groups in total. The molecule has 0 fully saturated rings. The summed E-state index contributed by atoms with van der Waals surface area (Å²) in [4.78, 5) is 52.7. The molecule has 174 valence electrons. The van der Waals surface area contributed by atoms with Gasteiger partial charge in [-0.05, 0) is 30.2 Å². The molecule has 0 saturated heterocycles. The molecule has 1 aliphatic rings. The predicted molar refractivity (Wildman–Crippen MR) is 122 cm³/mol. The van der Waals surface area contributed by atoms with Crippen LogP contribution >= 0.6 is 11.8 Å². The second-order valence-electron chi connectivity index (χ2n) is 8.08. The topological polar surface area (TPSA) is 104 Å². The molecule has 7 nitrogen and oxygen atoms in total. The Kier molecular flexibility index (Phi) is 7.86. The molecule has 9 heteroatoms. The van der Waals surface area contributed by atoms with Crippen LogP contribution in [0.25, 0.3) is 0 Å². The number of rotatable bonds is 9. The summed E-state index contributed by atoms with van der Waals surface area (Å²) >= 11 is 1.55. The first-order valence-electron chi connectivity index (χ1n) is 10.5. The fourth-order valence-corrected chi connectivity index (χ4v) is 4.73. The Hall–Kier alpha value is -3.20. The molecule has 2 amide bonds. The normalized spacial score (nSPS) is 14.1. The third-order valence-electron chi connectivity index (χ3n) is 5.43. The minimum Gasteiger partial charge on any atom is -0.481 e. The van der Waals surface area contributed by atoms with Gasteiger partial charge in [0.2, 0.25) is 11.8 Å². The first kappa shape index (κ1) is 24.4. The van der Waals surface area contributed by atoms with E-state index in [0.717, 1.165) is 9.79 Å². The van der Waals surface area contributed by atoms with Crippen molar-refractivity contribution in [3.05, 3.63) is 48.5 Å². The van der Waals surface area contributed by atoms with Crippen LogP contribution in [0.1, 0.15) is 26.7 Å². The van der Waals surface area contributed by atoms with E-state index < -0.39 is 42.7 Å². The molecule has 2 aromatic rings. The van der Waals surface area contributed by atoms with Gasteiger partial charge in [0.1, 0.15) is 12.7 Å². The number of carbonyl (C=O) groups is 4. The molecular formula is C24H25FN2O5S. The summed E-state index contributed by atoms with van der Waals surface area (Å²) in [7, 11) is 0. The summed E-state index contributed by atoms with van der Waals surface area (Å²) in [6.07, 6.45) is -0.891. The average Bonchev–Trinajstić information content (AvgIpc) is 2.79. The minimum absolute atomic E-state index is 0.166. The average molecular weight is 473 g/mol. The lowest BCUT2D eigenvalue weighted by Crippen LogP contribution is -2.47. The summed E-state index contributed by atoms with van der Waals surface area (Å²) in [6.45, 7) is 2.13. The van der Waals surface area contributed by atoms with Crippen LogP contribution in [-0.2, 0) is 19.2 Å². The Morgan fingerprint density at radius 3 is 2.00 bits per heavy atom. The number of carboxylic acids is 1. The third-order valence-corrected chi connectivity index (χ3v) is 6.56. The molecule has 2 aromatic carbocycles. The monoisotopic (exact) mass is 472 g/mol. The quantitative estimate of drug-likeness (QED) is 0.572. The lowest BCUT2D eigenvalue weighted by atomic mass is 9.90. The fraction of sp³-hybridized carbons (Fsp3) is 0.333. The summed E-state index contributed by atoms with van der Waals surface area (Å²) in [5.74, 6) is -4.44. The number of nitrogens with zero attached hydrogens (tertiary/aromatic N) is 1. The number of aliphatic carboxylic acids is 1. The van der Waals surface area contributed by atoms with E-state index in [1.807, 2.05) is 48.5 Å². The highest BCUT2D eigenvalue weighted by molar-refractivity contribution is 7.99. The lowest BCUT2D eigenvalue weighted by Gasteiger charge is -2.32. The Morgan fingerprint density at radius 2 is 1.52 bits per heavy atom. The van der Waals surface area contributed by atoms with E-state index in [4.69, 9.17) is 5.11 Å². The van der Waals surface area contributed by atoms with Crippen LogP contribution in [0.4, 0.5) is 15.8 Å². The van der Waals surface area contributed by atoms with Crippen LogP contribution in [0.3, 0.4) is 0 Å². The number of Topliss-reactive ketones (excluding diaryl/α,β-unsaturated/α-hetero) is 1. The van der Waals surface area contributed by atoms with Crippen molar-refractivity contribution in [2.45, 2.75) is 42.5 Å². The van der Waals surface area contributed by atoms with Gasteiger partial charge in [-0.1, -0.05) is 49.9 Å². The van der Waals surface area contributed by atoms with Gasteiger partial charge >= 0.3 is 5.97 Å². The number of hydrogen-bond donors (Lipinski definition) is 2. The number of halogens is 1. The van der Waals surface area contributed by atoms with E-state index in [9.17, 15) is 23.6 Å². The number of hydrogen-bond acceptors (Lipinski definition) is 5. The van der Waals surface area contributed by atoms with E-state index in [-0.39, 0.29) is 18.2 Å². The molecule has 1 aliphatic heterocycles. The molecule has 0 radical (unpaired) electrons. The maximum Gasteiger partial charge on any atom is 0.305 e. The maximum atomic E-state index is 13.5. The number of fused-ring (bicyclic) bond motifs is 2. The standard InChI is InChI=1S/C24H25FN2O5S/c1-14(2)15(24(32)26-16(12-23(30)31)19(28)13-25)11-22(29)27-17-7-3-5-9-20(17)33-21-10-6-4-8-18(21)27/h3-10,14-16H,11-13H2,1-2H3,(H,26,32)(H,30,31)/t15-,16?/m0/s1. The van der Waals surface area contributed by atoms with E-state index in [1.54, 1.807) is 30.5 Å². The van der Waals surface area contributed by atoms with Crippen molar-refractivity contribution >= 4 is 46.7 Å². The molecule has 1 heterocycles. The number of amides is 2. The number of carbonyl (C=O) groups excluding carboxylic acids is 3. The molecule has 3 rings (SSSR count).